The average Bonchev–Trinajstić information content (AvgIpc) is 3.21. The number of carbonyl (C=O) groups is 1. The van der Waals surface area contributed by atoms with Crippen molar-refractivity contribution in [3.8, 4) is 5.75 Å². The molecule has 138 valence electrons. The van der Waals surface area contributed by atoms with Crippen LogP contribution in [0.1, 0.15) is 28.4 Å². The molecule has 4 rings (SSSR count). The fourth-order valence-electron chi connectivity index (χ4n) is 3.09. The van der Waals surface area contributed by atoms with Crippen molar-refractivity contribution in [2.24, 2.45) is 0 Å². The Hall–Kier alpha value is -3.00. The van der Waals surface area contributed by atoms with E-state index in [1.165, 1.54) is 22.5 Å². The summed E-state index contributed by atoms with van der Waals surface area (Å²) in [5.74, 6) is 1.51. The van der Waals surface area contributed by atoms with Gasteiger partial charge >= 0.3 is 0 Å². The van der Waals surface area contributed by atoms with Crippen LogP contribution < -0.4 is 15.0 Å². The van der Waals surface area contributed by atoms with Gasteiger partial charge in [-0.1, -0.05) is 17.4 Å². The second kappa shape index (κ2) is 7.71. The summed E-state index contributed by atoms with van der Waals surface area (Å²) in [5, 5.41) is 10.7. The molecule has 1 aromatic carbocycles. The summed E-state index contributed by atoms with van der Waals surface area (Å²) in [6.07, 6.45) is 2.56. The highest BCUT2D eigenvalue weighted by Gasteiger charge is 2.18. The molecule has 1 aliphatic rings. The van der Waals surface area contributed by atoms with E-state index in [-0.39, 0.29) is 5.91 Å². The van der Waals surface area contributed by atoms with Crippen molar-refractivity contribution >= 4 is 28.2 Å². The predicted octanol–water partition coefficient (Wildman–Crippen LogP) is 3.15. The highest BCUT2D eigenvalue weighted by molar-refractivity contribution is 7.13. The highest BCUT2D eigenvalue weighted by atomic mass is 32.1. The number of ether oxygens (including phenoxy) is 1. The summed E-state index contributed by atoms with van der Waals surface area (Å²) in [7, 11) is 0. The van der Waals surface area contributed by atoms with E-state index in [1.54, 1.807) is 17.8 Å². The highest BCUT2D eigenvalue weighted by Crippen LogP contribution is 2.26. The first-order chi connectivity index (χ1) is 13.2. The lowest BCUT2D eigenvalue weighted by atomic mass is 9.99. The van der Waals surface area contributed by atoms with Crippen molar-refractivity contribution < 1.29 is 9.53 Å². The molecule has 0 unspecified atom stereocenters. The number of aromatic nitrogens is 3. The van der Waals surface area contributed by atoms with Gasteiger partial charge in [-0.15, -0.1) is 10.2 Å². The van der Waals surface area contributed by atoms with E-state index in [0.717, 1.165) is 31.1 Å². The Morgan fingerprint density at radius 3 is 2.96 bits per heavy atom. The summed E-state index contributed by atoms with van der Waals surface area (Å²) >= 11 is 1.28. The van der Waals surface area contributed by atoms with E-state index in [2.05, 4.69) is 37.5 Å². The Morgan fingerprint density at radius 2 is 2.22 bits per heavy atom. The fraction of sp³-hybridized carbons (Fsp3) is 0.263. The first-order valence-electron chi connectivity index (χ1n) is 8.76. The van der Waals surface area contributed by atoms with Gasteiger partial charge in [-0.05, 0) is 48.7 Å². The van der Waals surface area contributed by atoms with Crippen LogP contribution in [0.5, 0.6) is 5.75 Å². The van der Waals surface area contributed by atoms with Crippen LogP contribution >= 0.6 is 11.3 Å². The van der Waals surface area contributed by atoms with E-state index in [1.807, 2.05) is 19.1 Å². The molecule has 1 aliphatic heterocycles. The number of rotatable bonds is 5. The molecule has 0 radical (unpaired) electrons. The van der Waals surface area contributed by atoms with Gasteiger partial charge in [-0.25, -0.2) is 4.98 Å². The Morgan fingerprint density at radius 1 is 1.30 bits per heavy atom. The maximum absolute atomic E-state index is 12.2. The molecule has 3 heterocycles. The van der Waals surface area contributed by atoms with Crippen LogP contribution in [0.25, 0.3) is 0 Å². The average molecular weight is 381 g/mol. The molecule has 0 spiro atoms. The molecule has 1 N–H and O–H groups in total. The largest absolute Gasteiger partial charge is 0.494 e. The van der Waals surface area contributed by atoms with E-state index < -0.39 is 0 Å². The molecule has 1 amide bonds. The normalized spacial score (nSPS) is 13.1. The number of benzene rings is 1. The topological polar surface area (TPSA) is 80.2 Å². The number of hydrogen-bond donors (Lipinski definition) is 1. The van der Waals surface area contributed by atoms with Gasteiger partial charge in [-0.3, -0.25) is 10.1 Å². The number of anilines is 2. The van der Waals surface area contributed by atoms with Gasteiger partial charge in [0.1, 0.15) is 17.1 Å². The zero-order valence-corrected chi connectivity index (χ0v) is 15.7. The molecular weight excluding hydrogens is 362 g/mol. The minimum absolute atomic E-state index is 0.240. The molecule has 0 atom stereocenters. The lowest BCUT2D eigenvalue weighted by molar-refractivity contribution is 0.102. The second-order valence-electron chi connectivity index (χ2n) is 6.14. The first-order valence-corrected chi connectivity index (χ1v) is 9.64. The van der Waals surface area contributed by atoms with Gasteiger partial charge in [0.25, 0.3) is 5.91 Å². The third-order valence-corrected chi connectivity index (χ3v) is 5.02. The molecular formula is C19H19N5O2S. The zero-order valence-electron chi connectivity index (χ0n) is 14.9. The van der Waals surface area contributed by atoms with E-state index in [4.69, 9.17) is 4.74 Å². The minimum Gasteiger partial charge on any atom is -0.494 e. The number of hydrogen-bond acceptors (Lipinski definition) is 7. The molecule has 27 heavy (non-hydrogen) atoms. The van der Waals surface area contributed by atoms with Crippen molar-refractivity contribution in [2.75, 3.05) is 23.4 Å². The number of amides is 1. The van der Waals surface area contributed by atoms with Gasteiger partial charge in [0.2, 0.25) is 5.13 Å². The molecule has 0 aliphatic carbocycles. The molecule has 7 nitrogen and oxygen atoms in total. The van der Waals surface area contributed by atoms with Gasteiger partial charge in [-0.2, -0.15) is 0 Å². The maximum Gasteiger partial charge on any atom is 0.259 e. The van der Waals surface area contributed by atoms with Crippen molar-refractivity contribution in [2.45, 2.75) is 19.9 Å². The van der Waals surface area contributed by atoms with Crippen LogP contribution in [0.15, 0.2) is 42.0 Å². The van der Waals surface area contributed by atoms with E-state index in [9.17, 15) is 4.79 Å². The molecule has 2 aromatic heterocycles. The summed E-state index contributed by atoms with van der Waals surface area (Å²) in [6, 6.07) is 9.94. The number of fused-ring (bicyclic) bond motifs is 1. The first kappa shape index (κ1) is 17.4. The summed E-state index contributed by atoms with van der Waals surface area (Å²) in [5.41, 5.74) is 4.67. The third-order valence-electron chi connectivity index (χ3n) is 4.42. The smallest absolute Gasteiger partial charge is 0.259 e. The molecule has 0 fully saturated rings. The second-order valence-corrected chi connectivity index (χ2v) is 6.97. The van der Waals surface area contributed by atoms with Gasteiger partial charge in [0, 0.05) is 19.3 Å². The monoisotopic (exact) mass is 381 g/mol. The quantitative estimate of drug-likeness (QED) is 0.731. The van der Waals surface area contributed by atoms with Gasteiger partial charge in [0.15, 0.2) is 0 Å². The van der Waals surface area contributed by atoms with Crippen LogP contribution in [0.2, 0.25) is 0 Å². The molecule has 0 saturated heterocycles. The molecule has 0 bridgehead atoms. The summed E-state index contributed by atoms with van der Waals surface area (Å²) < 4.78 is 5.61. The van der Waals surface area contributed by atoms with Crippen molar-refractivity contribution in [1.29, 1.82) is 0 Å². The number of nitrogens with one attached hydrogen (secondary N) is 1. The lowest BCUT2D eigenvalue weighted by Gasteiger charge is -2.30. The Labute approximate surface area is 161 Å². The zero-order chi connectivity index (χ0) is 18.6. The third kappa shape index (κ3) is 3.90. The minimum atomic E-state index is -0.240. The van der Waals surface area contributed by atoms with Crippen LogP contribution in [-0.4, -0.2) is 34.2 Å². The summed E-state index contributed by atoms with van der Waals surface area (Å²) in [6.45, 7) is 4.31. The molecule has 0 saturated carbocycles. The lowest BCUT2D eigenvalue weighted by Crippen LogP contribution is -2.31. The number of carbonyl (C=O) groups excluding carboxylic acids is 1. The van der Waals surface area contributed by atoms with Crippen molar-refractivity contribution in [3.05, 3.63) is 58.7 Å². The van der Waals surface area contributed by atoms with E-state index >= 15 is 0 Å². The Kier molecular flexibility index (Phi) is 4.97. The van der Waals surface area contributed by atoms with Gasteiger partial charge < -0.3 is 9.64 Å². The molecule has 3 aromatic rings. The SMILES string of the molecule is CCOc1ccc2c(c1)CN(c1ccc(C(=O)Nc3nncs3)cn1)CC2. The maximum atomic E-state index is 12.2. The van der Waals surface area contributed by atoms with Crippen LogP contribution in [0, 0.1) is 0 Å². The Balaban J connectivity index is 1.46. The number of pyridine rings is 1. The number of nitrogens with zero attached hydrogens (tertiary/aromatic N) is 4. The fourth-order valence-corrected chi connectivity index (χ4v) is 3.53. The summed E-state index contributed by atoms with van der Waals surface area (Å²) in [4.78, 5) is 18.9. The van der Waals surface area contributed by atoms with Crippen molar-refractivity contribution in [1.82, 2.24) is 15.2 Å². The van der Waals surface area contributed by atoms with Crippen LogP contribution in [0.4, 0.5) is 10.9 Å². The molecule has 8 heteroatoms. The van der Waals surface area contributed by atoms with Crippen molar-refractivity contribution in [3.63, 3.8) is 0 Å². The van der Waals surface area contributed by atoms with Crippen LogP contribution in [-0.2, 0) is 13.0 Å². The van der Waals surface area contributed by atoms with Crippen LogP contribution in [0.3, 0.4) is 0 Å². The standard InChI is InChI=1S/C19H19N5O2S/c1-2-26-16-5-3-13-7-8-24(11-15(13)9-16)17-6-4-14(10-20-17)18(25)22-19-23-21-12-27-19/h3-6,9-10,12H,2,7-8,11H2,1H3,(H,22,23,25). The Bertz CT molecular complexity index is 928. The van der Waals surface area contributed by atoms with E-state index in [0.29, 0.717) is 17.3 Å². The predicted molar refractivity (Wildman–Crippen MR) is 104 cm³/mol. The van der Waals surface area contributed by atoms with Gasteiger partial charge in [0.05, 0.1) is 12.2 Å².